The summed E-state index contributed by atoms with van der Waals surface area (Å²) in [5, 5.41) is 10.7. The Morgan fingerprint density at radius 3 is 2.93 bits per heavy atom. The Morgan fingerprint density at radius 1 is 1.50 bits per heavy atom. The van der Waals surface area contributed by atoms with Gasteiger partial charge in [-0.2, -0.15) is 0 Å². The molecule has 2 nitrogen and oxygen atoms in total. The molecule has 0 spiro atoms. The van der Waals surface area contributed by atoms with E-state index in [0.29, 0.717) is 38.9 Å². The average Bonchev–Trinajstić information content (AvgIpc) is 2.14. The van der Waals surface area contributed by atoms with E-state index in [4.69, 9.17) is 27.9 Å². The third-order valence-corrected chi connectivity index (χ3v) is 3.67. The van der Waals surface area contributed by atoms with Gasteiger partial charge in [0, 0.05) is 16.5 Å². The number of halogens is 3. The number of ether oxygens (including phenoxy) is 1. The van der Waals surface area contributed by atoms with E-state index in [0.717, 1.165) is 0 Å². The molecule has 0 amide bonds. The zero-order valence-corrected chi connectivity index (χ0v) is 10.2. The maximum absolute atomic E-state index is 9.75. The largest absolute Gasteiger partial charge is 0.491 e. The van der Waals surface area contributed by atoms with Crippen molar-refractivity contribution in [1.29, 1.82) is 0 Å². The van der Waals surface area contributed by atoms with Crippen LogP contribution in [-0.4, -0.2) is 11.7 Å². The number of rotatable bonds is 0. The fourth-order valence-corrected chi connectivity index (χ4v) is 2.56. The summed E-state index contributed by atoms with van der Waals surface area (Å²) in [4.78, 5) is 0. The molecule has 76 valence electrons. The Balaban J connectivity index is 2.67. The molecule has 1 heterocycles. The van der Waals surface area contributed by atoms with Gasteiger partial charge in [-0.1, -0.05) is 23.2 Å². The van der Waals surface area contributed by atoms with Crippen molar-refractivity contribution >= 4 is 39.1 Å². The van der Waals surface area contributed by atoms with Gasteiger partial charge in [0.15, 0.2) is 0 Å². The van der Waals surface area contributed by atoms with Gasteiger partial charge in [0.25, 0.3) is 0 Å². The van der Waals surface area contributed by atoms with Gasteiger partial charge in [-0.25, -0.2) is 0 Å². The first-order valence-corrected chi connectivity index (χ1v) is 5.64. The van der Waals surface area contributed by atoms with Crippen molar-refractivity contribution < 1.29 is 9.84 Å². The van der Waals surface area contributed by atoms with Crippen molar-refractivity contribution in [3.8, 4) is 5.75 Å². The highest BCUT2D eigenvalue weighted by Gasteiger charge is 2.26. The summed E-state index contributed by atoms with van der Waals surface area (Å²) < 4.78 is 6.04. The fourth-order valence-electron chi connectivity index (χ4n) is 1.46. The highest BCUT2D eigenvalue weighted by atomic mass is 79.9. The summed E-state index contributed by atoms with van der Waals surface area (Å²) in [6, 6.07) is 1.67. The maximum Gasteiger partial charge on any atom is 0.145 e. The van der Waals surface area contributed by atoms with Crippen LogP contribution in [-0.2, 0) is 0 Å². The fraction of sp³-hybridized carbons (Fsp3) is 0.333. The smallest absolute Gasteiger partial charge is 0.145 e. The molecule has 0 saturated carbocycles. The molecule has 1 aliphatic heterocycles. The summed E-state index contributed by atoms with van der Waals surface area (Å²) in [5.74, 6) is 0.499. The van der Waals surface area contributed by atoms with Crippen LogP contribution in [0, 0.1) is 0 Å². The minimum Gasteiger partial charge on any atom is -0.491 e. The summed E-state index contributed by atoms with van der Waals surface area (Å²) in [7, 11) is 0. The third-order valence-electron chi connectivity index (χ3n) is 2.13. The highest BCUT2D eigenvalue weighted by Crippen LogP contribution is 2.45. The molecule has 1 atom stereocenters. The Hall–Kier alpha value is 0.0400. The first-order valence-electron chi connectivity index (χ1n) is 4.09. The lowest BCUT2D eigenvalue weighted by Gasteiger charge is -2.24. The summed E-state index contributed by atoms with van der Waals surface area (Å²) in [6.07, 6.45) is -0.0549. The van der Waals surface area contributed by atoms with E-state index < -0.39 is 6.10 Å². The zero-order valence-electron chi connectivity index (χ0n) is 7.06. The summed E-state index contributed by atoms with van der Waals surface area (Å²) >= 11 is 15.3. The molecule has 0 bridgehead atoms. The Kier molecular flexibility index (Phi) is 2.93. The lowest BCUT2D eigenvalue weighted by molar-refractivity contribution is 0.115. The van der Waals surface area contributed by atoms with Crippen LogP contribution in [0.15, 0.2) is 10.5 Å². The van der Waals surface area contributed by atoms with E-state index in [1.807, 2.05) is 0 Å². The number of benzene rings is 1. The number of hydrogen-bond donors (Lipinski definition) is 1. The Labute approximate surface area is 99.9 Å². The van der Waals surface area contributed by atoms with Gasteiger partial charge in [0.1, 0.15) is 5.75 Å². The van der Waals surface area contributed by atoms with E-state index in [1.165, 1.54) is 0 Å². The van der Waals surface area contributed by atoms with Gasteiger partial charge < -0.3 is 9.84 Å². The Bertz CT molecular complexity index is 382. The van der Waals surface area contributed by atoms with E-state index in [-0.39, 0.29) is 0 Å². The van der Waals surface area contributed by atoms with Gasteiger partial charge >= 0.3 is 0 Å². The predicted octanol–water partition coefficient (Wildman–Crippen LogP) is 3.57. The van der Waals surface area contributed by atoms with Gasteiger partial charge in [-0.15, -0.1) is 0 Å². The molecule has 1 aromatic carbocycles. The second-order valence-electron chi connectivity index (χ2n) is 3.05. The predicted molar refractivity (Wildman–Crippen MR) is 59.2 cm³/mol. The second-order valence-corrected chi connectivity index (χ2v) is 4.69. The van der Waals surface area contributed by atoms with Crippen molar-refractivity contribution in [3.63, 3.8) is 0 Å². The number of fused-ring (bicyclic) bond motifs is 1. The first-order chi connectivity index (χ1) is 6.61. The first kappa shape index (κ1) is 10.6. The quantitative estimate of drug-likeness (QED) is 0.742. The number of aliphatic hydroxyl groups is 1. The van der Waals surface area contributed by atoms with Crippen LogP contribution in [0.1, 0.15) is 18.1 Å². The normalized spacial score (nSPS) is 20.1. The minimum absolute atomic E-state index is 0.464. The molecule has 2 rings (SSSR count). The van der Waals surface area contributed by atoms with Crippen LogP contribution in [0.4, 0.5) is 0 Å². The SMILES string of the molecule is O[C@H]1CCOc2c(Cl)cc(Br)c(Cl)c21. The molecule has 0 aromatic heterocycles. The lowest BCUT2D eigenvalue weighted by atomic mass is 10.0. The van der Waals surface area contributed by atoms with Gasteiger partial charge in [0.05, 0.1) is 22.8 Å². The molecule has 14 heavy (non-hydrogen) atoms. The van der Waals surface area contributed by atoms with E-state index in [1.54, 1.807) is 6.07 Å². The van der Waals surface area contributed by atoms with Crippen LogP contribution in [0.2, 0.25) is 10.0 Å². The standard InChI is InChI=1S/C9H7BrCl2O2/c10-4-3-5(11)9-7(8(4)12)6(13)1-2-14-9/h3,6,13H,1-2H2/t6-/m0/s1. The van der Waals surface area contributed by atoms with E-state index in [9.17, 15) is 5.11 Å². The molecule has 5 heteroatoms. The molecular weight excluding hydrogens is 291 g/mol. The molecule has 1 N–H and O–H groups in total. The van der Waals surface area contributed by atoms with Crippen molar-refractivity contribution in [2.45, 2.75) is 12.5 Å². The van der Waals surface area contributed by atoms with E-state index >= 15 is 0 Å². The Morgan fingerprint density at radius 2 is 2.21 bits per heavy atom. The van der Waals surface area contributed by atoms with Gasteiger partial charge in [-0.3, -0.25) is 0 Å². The monoisotopic (exact) mass is 296 g/mol. The molecule has 1 aromatic rings. The molecular formula is C9H7BrCl2O2. The summed E-state index contributed by atoms with van der Waals surface area (Å²) in [6.45, 7) is 0.464. The number of hydrogen-bond acceptors (Lipinski definition) is 2. The zero-order chi connectivity index (χ0) is 10.3. The van der Waals surface area contributed by atoms with Crippen molar-refractivity contribution in [1.82, 2.24) is 0 Å². The summed E-state index contributed by atoms with van der Waals surface area (Å²) in [5.41, 5.74) is 0.581. The van der Waals surface area contributed by atoms with Crippen LogP contribution in [0.3, 0.4) is 0 Å². The lowest BCUT2D eigenvalue weighted by Crippen LogP contribution is -2.14. The molecule has 0 radical (unpaired) electrons. The topological polar surface area (TPSA) is 29.5 Å². The number of aliphatic hydroxyl groups excluding tert-OH is 1. The molecule has 1 aliphatic rings. The van der Waals surface area contributed by atoms with Gasteiger partial charge in [-0.05, 0) is 22.0 Å². The van der Waals surface area contributed by atoms with Crippen molar-refractivity contribution in [3.05, 3.63) is 26.1 Å². The van der Waals surface area contributed by atoms with Crippen molar-refractivity contribution in [2.24, 2.45) is 0 Å². The molecule has 0 aliphatic carbocycles. The highest BCUT2D eigenvalue weighted by molar-refractivity contribution is 9.10. The van der Waals surface area contributed by atoms with Crippen LogP contribution >= 0.6 is 39.1 Å². The minimum atomic E-state index is -0.596. The second kappa shape index (κ2) is 3.89. The van der Waals surface area contributed by atoms with Crippen LogP contribution in [0.5, 0.6) is 5.75 Å². The third kappa shape index (κ3) is 1.63. The van der Waals surface area contributed by atoms with Crippen LogP contribution in [0.25, 0.3) is 0 Å². The van der Waals surface area contributed by atoms with Crippen molar-refractivity contribution in [2.75, 3.05) is 6.61 Å². The molecule has 0 fully saturated rings. The molecule has 0 saturated heterocycles. The van der Waals surface area contributed by atoms with E-state index in [2.05, 4.69) is 15.9 Å². The average molecular weight is 298 g/mol. The maximum atomic E-state index is 9.75. The van der Waals surface area contributed by atoms with Gasteiger partial charge in [0.2, 0.25) is 0 Å². The molecule has 0 unspecified atom stereocenters. The van der Waals surface area contributed by atoms with Crippen LogP contribution < -0.4 is 4.74 Å².